The molecule has 4 nitrogen and oxygen atoms in total. The van der Waals surface area contributed by atoms with Gasteiger partial charge in [0.05, 0.1) is 12.5 Å². The smallest absolute Gasteiger partial charge is 0.313 e. The van der Waals surface area contributed by atoms with Crippen LogP contribution in [0.15, 0.2) is 54.6 Å². The first-order valence-electron chi connectivity index (χ1n) is 7.56. The first kappa shape index (κ1) is 17.0. The molecule has 0 saturated carbocycles. The highest BCUT2D eigenvalue weighted by Crippen LogP contribution is 2.33. The van der Waals surface area contributed by atoms with E-state index in [1.54, 1.807) is 13.8 Å². The van der Waals surface area contributed by atoms with E-state index >= 15 is 0 Å². The van der Waals surface area contributed by atoms with Gasteiger partial charge in [-0.25, -0.2) is 0 Å². The lowest BCUT2D eigenvalue weighted by Crippen LogP contribution is -2.37. The van der Waals surface area contributed by atoms with Crippen molar-refractivity contribution >= 4 is 5.97 Å². The molecular formula is C19H23NO3. The highest BCUT2D eigenvalue weighted by molar-refractivity contribution is 5.77. The predicted molar refractivity (Wildman–Crippen MR) is 89.9 cm³/mol. The van der Waals surface area contributed by atoms with E-state index in [4.69, 9.17) is 15.2 Å². The molecule has 4 heteroatoms. The van der Waals surface area contributed by atoms with Gasteiger partial charge in [-0.15, -0.1) is 0 Å². The highest BCUT2D eigenvalue weighted by Gasteiger charge is 2.36. The van der Waals surface area contributed by atoms with Gasteiger partial charge in [0.1, 0.15) is 12.4 Å². The normalized spacial score (nSPS) is 12.5. The number of hydrogen-bond acceptors (Lipinski definition) is 4. The number of esters is 1. The van der Waals surface area contributed by atoms with Crippen LogP contribution in [0.4, 0.5) is 0 Å². The van der Waals surface area contributed by atoms with E-state index in [0.717, 1.165) is 16.9 Å². The number of hydrogen-bond donors (Lipinski definition) is 1. The van der Waals surface area contributed by atoms with Crippen molar-refractivity contribution in [2.45, 2.75) is 26.5 Å². The maximum absolute atomic E-state index is 11.8. The van der Waals surface area contributed by atoms with Gasteiger partial charge in [-0.1, -0.05) is 42.5 Å². The van der Waals surface area contributed by atoms with Gasteiger partial charge >= 0.3 is 5.97 Å². The van der Waals surface area contributed by atoms with Gasteiger partial charge in [0.2, 0.25) is 0 Å². The van der Waals surface area contributed by atoms with Gasteiger partial charge in [0, 0.05) is 6.04 Å². The molecule has 0 aromatic heterocycles. The van der Waals surface area contributed by atoms with Crippen LogP contribution in [-0.2, 0) is 16.1 Å². The summed E-state index contributed by atoms with van der Waals surface area (Å²) < 4.78 is 10.6. The molecule has 2 rings (SSSR count). The zero-order valence-electron chi connectivity index (χ0n) is 13.8. The van der Waals surface area contributed by atoms with Crippen LogP contribution in [0.5, 0.6) is 5.75 Å². The van der Waals surface area contributed by atoms with Crippen molar-refractivity contribution in [1.82, 2.24) is 0 Å². The standard InChI is InChI=1S/C19H23NO3/c1-19(2,18(21)22-3)17(20)15-9-11-16(12-10-15)23-13-14-7-5-4-6-8-14/h4-12,17H,13,20H2,1-3H3/t17-/m0/s1. The monoisotopic (exact) mass is 313 g/mol. The second kappa shape index (κ2) is 7.29. The van der Waals surface area contributed by atoms with Gasteiger partial charge in [-0.05, 0) is 37.1 Å². The Hall–Kier alpha value is -2.33. The Labute approximate surface area is 137 Å². The summed E-state index contributed by atoms with van der Waals surface area (Å²) in [7, 11) is 1.37. The van der Waals surface area contributed by atoms with Crippen molar-refractivity contribution < 1.29 is 14.3 Å². The van der Waals surface area contributed by atoms with E-state index in [-0.39, 0.29) is 5.97 Å². The number of carbonyl (C=O) groups excluding carboxylic acids is 1. The number of ether oxygens (including phenoxy) is 2. The number of carbonyl (C=O) groups is 1. The Balaban J connectivity index is 2.03. The largest absolute Gasteiger partial charge is 0.489 e. The quantitative estimate of drug-likeness (QED) is 0.830. The summed E-state index contributed by atoms with van der Waals surface area (Å²) in [4.78, 5) is 11.8. The van der Waals surface area contributed by atoms with E-state index in [0.29, 0.717) is 6.61 Å². The fourth-order valence-electron chi connectivity index (χ4n) is 2.32. The average Bonchev–Trinajstić information content (AvgIpc) is 2.59. The van der Waals surface area contributed by atoms with Crippen LogP contribution in [0, 0.1) is 5.41 Å². The van der Waals surface area contributed by atoms with Crippen LogP contribution >= 0.6 is 0 Å². The molecule has 23 heavy (non-hydrogen) atoms. The van der Waals surface area contributed by atoms with Crippen LogP contribution in [-0.4, -0.2) is 13.1 Å². The molecule has 0 aliphatic heterocycles. The van der Waals surface area contributed by atoms with Crippen LogP contribution < -0.4 is 10.5 Å². The van der Waals surface area contributed by atoms with Crippen molar-refractivity contribution in [1.29, 1.82) is 0 Å². The van der Waals surface area contributed by atoms with Crippen LogP contribution in [0.2, 0.25) is 0 Å². The van der Waals surface area contributed by atoms with Crippen molar-refractivity contribution in [3.8, 4) is 5.75 Å². The van der Waals surface area contributed by atoms with Gasteiger partial charge in [-0.2, -0.15) is 0 Å². The van der Waals surface area contributed by atoms with Crippen molar-refractivity contribution in [3.63, 3.8) is 0 Å². The lowest BCUT2D eigenvalue weighted by Gasteiger charge is -2.29. The Kier molecular flexibility index (Phi) is 5.40. The Morgan fingerprint density at radius 2 is 1.70 bits per heavy atom. The summed E-state index contributed by atoms with van der Waals surface area (Å²) in [5.41, 5.74) is 7.41. The van der Waals surface area contributed by atoms with Crippen molar-refractivity contribution in [2.24, 2.45) is 11.1 Å². The summed E-state index contributed by atoms with van der Waals surface area (Å²) in [6.45, 7) is 4.08. The minimum Gasteiger partial charge on any atom is -0.489 e. The Morgan fingerprint density at radius 3 is 2.26 bits per heavy atom. The maximum atomic E-state index is 11.8. The van der Waals surface area contributed by atoms with E-state index in [2.05, 4.69) is 0 Å². The number of rotatable bonds is 6. The SMILES string of the molecule is COC(=O)C(C)(C)[C@@H](N)c1ccc(OCc2ccccc2)cc1. The fourth-order valence-corrected chi connectivity index (χ4v) is 2.32. The molecule has 0 radical (unpaired) electrons. The Bertz CT molecular complexity index is 635. The third-order valence-electron chi connectivity index (χ3n) is 3.98. The molecule has 0 amide bonds. The predicted octanol–water partition coefficient (Wildman–Crippen LogP) is 3.46. The van der Waals surface area contributed by atoms with Crippen molar-refractivity contribution in [2.75, 3.05) is 7.11 Å². The zero-order valence-corrected chi connectivity index (χ0v) is 13.8. The molecule has 0 aliphatic rings. The third-order valence-corrected chi connectivity index (χ3v) is 3.98. The van der Waals surface area contributed by atoms with Gasteiger partial charge in [0.15, 0.2) is 0 Å². The van der Waals surface area contributed by atoms with E-state index in [9.17, 15) is 4.79 Å². The lowest BCUT2D eigenvalue weighted by molar-refractivity contribution is -0.152. The number of nitrogens with two attached hydrogens (primary N) is 1. The second-order valence-electron chi connectivity index (χ2n) is 6.03. The first-order chi connectivity index (χ1) is 10.9. The van der Waals surface area contributed by atoms with Crippen molar-refractivity contribution in [3.05, 3.63) is 65.7 Å². The molecule has 2 aromatic carbocycles. The molecule has 0 spiro atoms. The summed E-state index contributed by atoms with van der Waals surface area (Å²) in [5, 5.41) is 0. The third kappa shape index (κ3) is 4.11. The first-order valence-corrected chi connectivity index (χ1v) is 7.56. The molecule has 1 atom stereocenters. The minimum atomic E-state index is -0.791. The molecule has 2 N–H and O–H groups in total. The molecule has 0 unspecified atom stereocenters. The molecular weight excluding hydrogens is 290 g/mol. The molecule has 122 valence electrons. The van der Waals surface area contributed by atoms with E-state index < -0.39 is 11.5 Å². The number of benzene rings is 2. The summed E-state index contributed by atoms with van der Waals surface area (Å²) >= 11 is 0. The maximum Gasteiger partial charge on any atom is 0.313 e. The Morgan fingerprint density at radius 1 is 1.09 bits per heavy atom. The molecule has 0 saturated heterocycles. The summed E-state index contributed by atoms with van der Waals surface area (Å²) in [6, 6.07) is 17.0. The average molecular weight is 313 g/mol. The number of methoxy groups -OCH3 is 1. The molecule has 0 aliphatic carbocycles. The van der Waals surface area contributed by atoms with E-state index in [1.165, 1.54) is 7.11 Å². The molecule has 0 heterocycles. The van der Waals surface area contributed by atoms with Gasteiger partial charge in [0.25, 0.3) is 0 Å². The molecule has 2 aromatic rings. The zero-order chi connectivity index (χ0) is 16.9. The fraction of sp³-hybridized carbons (Fsp3) is 0.316. The van der Waals surface area contributed by atoms with Gasteiger partial charge in [-0.3, -0.25) is 4.79 Å². The summed E-state index contributed by atoms with van der Waals surface area (Å²) in [5.74, 6) is 0.440. The van der Waals surface area contributed by atoms with E-state index in [1.807, 2.05) is 54.6 Å². The van der Waals surface area contributed by atoms with Crippen LogP contribution in [0.1, 0.15) is 31.0 Å². The lowest BCUT2D eigenvalue weighted by atomic mass is 9.81. The highest BCUT2D eigenvalue weighted by atomic mass is 16.5. The second-order valence-corrected chi connectivity index (χ2v) is 6.03. The van der Waals surface area contributed by atoms with Crippen LogP contribution in [0.25, 0.3) is 0 Å². The topological polar surface area (TPSA) is 61.5 Å². The molecule has 0 bridgehead atoms. The van der Waals surface area contributed by atoms with Crippen LogP contribution in [0.3, 0.4) is 0 Å². The van der Waals surface area contributed by atoms with Gasteiger partial charge < -0.3 is 15.2 Å². The summed E-state index contributed by atoms with van der Waals surface area (Å²) in [6.07, 6.45) is 0. The molecule has 0 fully saturated rings. The minimum absolute atomic E-state index is 0.325.